The number of likely N-dealkylation sites (tertiary alicyclic amines) is 1. The number of nitrogens with zero attached hydrogens (tertiary/aromatic N) is 5. The zero-order valence-corrected chi connectivity index (χ0v) is 35.2. The Morgan fingerprint density at radius 2 is 1.70 bits per heavy atom. The van der Waals surface area contributed by atoms with Gasteiger partial charge in [-0.3, -0.25) is 38.9 Å². The maximum absolute atomic E-state index is 13.3. The summed E-state index contributed by atoms with van der Waals surface area (Å²) in [6.45, 7) is 10.4. The van der Waals surface area contributed by atoms with Gasteiger partial charge in [-0.25, -0.2) is 4.98 Å². The summed E-state index contributed by atoms with van der Waals surface area (Å²) >= 11 is 0. The number of benzene rings is 2. The number of amides is 5. The van der Waals surface area contributed by atoms with Gasteiger partial charge in [-0.05, 0) is 133 Å². The zero-order chi connectivity index (χ0) is 42.8. The Balaban J connectivity index is 0.748. The molecule has 61 heavy (non-hydrogen) atoms. The van der Waals surface area contributed by atoms with Crippen molar-refractivity contribution in [1.82, 2.24) is 29.9 Å². The molecule has 8 rings (SSSR count). The van der Waals surface area contributed by atoms with Crippen molar-refractivity contribution in [1.29, 1.82) is 0 Å². The molecule has 2 aromatic carbocycles. The minimum atomic E-state index is -1.19. The highest BCUT2D eigenvalue weighted by atomic mass is 16.5. The van der Waals surface area contributed by atoms with Crippen LogP contribution in [-0.2, 0) is 19.9 Å². The first-order valence-electron chi connectivity index (χ1n) is 21.7. The van der Waals surface area contributed by atoms with Crippen molar-refractivity contribution in [2.75, 3.05) is 50.0 Å². The number of aromatic nitrogens is 3. The van der Waals surface area contributed by atoms with Gasteiger partial charge in [0.2, 0.25) is 11.8 Å². The number of hydrogen-bond donors (Lipinski definition) is 4. The molecular formula is C46H56N8O7. The fourth-order valence-electron chi connectivity index (χ4n) is 9.35. The molecule has 1 unspecified atom stereocenters. The van der Waals surface area contributed by atoms with E-state index in [1.807, 2.05) is 25.1 Å². The van der Waals surface area contributed by atoms with Crippen LogP contribution in [0.2, 0.25) is 0 Å². The van der Waals surface area contributed by atoms with Gasteiger partial charge in [0.05, 0.1) is 28.3 Å². The highest BCUT2D eigenvalue weighted by molar-refractivity contribution is 6.25. The van der Waals surface area contributed by atoms with Crippen molar-refractivity contribution < 1.29 is 33.8 Å². The Kier molecular flexibility index (Phi) is 12.3. The third-order valence-corrected chi connectivity index (χ3v) is 12.7. The van der Waals surface area contributed by atoms with E-state index in [-0.39, 0.29) is 29.9 Å². The summed E-state index contributed by atoms with van der Waals surface area (Å²) in [6.07, 6.45) is 9.63. The van der Waals surface area contributed by atoms with E-state index in [4.69, 9.17) is 9.84 Å². The van der Waals surface area contributed by atoms with Gasteiger partial charge >= 0.3 is 0 Å². The summed E-state index contributed by atoms with van der Waals surface area (Å²) in [4.78, 5) is 71.6. The Hall–Kier alpha value is -5.51. The third-order valence-electron chi connectivity index (χ3n) is 12.7. The molecule has 1 atom stereocenters. The van der Waals surface area contributed by atoms with Gasteiger partial charge < -0.3 is 25.4 Å². The molecule has 1 saturated carbocycles. The van der Waals surface area contributed by atoms with Gasteiger partial charge in [0.15, 0.2) is 0 Å². The summed E-state index contributed by atoms with van der Waals surface area (Å²) in [6, 6.07) is 13.5. The fraction of sp³-hybridized carbons (Fsp3) is 0.500. The molecular weight excluding hydrogens is 777 g/mol. The highest BCUT2D eigenvalue weighted by Crippen LogP contribution is 2.37. The summed E-state index contributed by atoms with van der Waals surface area (Å²) in [7, 11) is 0. The van der Waals surface area contributed by atoms with Crippen LogP contribution < -0.4 is 16.0 Å². The number of hydrogen-bond acceptors (Lipinski definition) is 11. The minimum absolute atomic E-state index is 0.0815. The van der Waals surface area contributed by atoms with Gasteiger partial charge in [0.25, 0.3) is 17.7 Å². The summed E-state index contributed by atoms with van der Waals surface area (Å²) < 4.78 is 8.17. The first-order valence-corrected chi connectivity index (χ1v) is 21.7. The number of ether oxygens (including phenoxy) is 1. The van der Waals surface area contributed by atoms with Gasteiger partial charge in [-0.15, -0.1) is 0 Å². The molecule has 0 bridgehead atoms. The molecule has 2 aromatic heterocycles. The number of aryl methyl sites for hydroxylation is 1. The summed E-state index contributed by atoms with van der Waals surface area (Å²) in [5.74, 6) is -1.20. The predicted octanol–water partition coefficient (Wildman–Crippen LogP) is 5.58. The lowest BCUT2D eigenvalue weighted by atomic mass is 9.85. The van der Waals surface area contributed by atoms with Crippen LogP contribution in [0.15, 0.2) is 54.7 Å². The van der Waals surface area contributed by atoms with E-state index < -0.39 is 35.3 Å². The molecule has 0 spiro atoms. The maximum atomic E-state index is 13.3. The molecule has 4 N–H and O–H groups in total. The van der Waals surface area contributed by atoms with E-state index in [0.717, 1.165) is 92.7 Å². The molecule has 3 fully saturated rings. The predicted molar refractivity (Wildman–Crippen MR) is 229 cm³/mol. The molecule has 5 amide bonds. The second kappa shape index (κ2) is 17.8. The molecule has 5 heterocycles. The average molecular weight is 833 g/mol. The summed E-state index contributed by atoms with van der Waals surface area (Å²) in [5.41, 5.74) is 2.92. The number of carbonyl (C=O) groups is 5. The SMILES string of the molecule is Cc1cccc(C(=O)Nc2cc3cn([C@H]4CC[C@H](CN5CCC(COCCCNc6cccc7c6C(=O)N(C6CCC(=O)NC6=O)C7=O)CC5)CC4)nc3cc2C(C)(C)O)n1. The molecule has 15 heteroatoms. The average Bonchev–Trinajstić information content (AvgIpc) is 3.77. The number of rotatable bonds is 14. The molecule has 0 radical (unpaired) electrons. The van der Waals surface area contributed by atoms with Crippen LogP contribution in [0.3, 0.4) is 0 Å². The van der Waals surface area contributed by atoms with Crippen molar-refractivity contribution in [2.24, 2.45) is 11.8 Å². The van der Waals surface area contributed by atoms with Crippen molar-refractivity contribution in [3.63, 3.8) is 0 Å². The normalized spacial score (nSPS) is 21.5. The van der Waals surface area contributed by atoms with Crippen LogP contribution in [0.25, 0.3) is 10.9 Å². The van der Waals surface area contributed by atoms with Crippen LogP contribution in [0.4, 0.5) is 11.4 Å². The number of carbonyl (C=O) groups excluding carboxylic acids is 5. The summed E-state index contributed by atoms with van der Waals surface area (Å²) in [5, 5.41) is 25.4. The number of piperidine rings is 2. The van der Waals surface area contributed by atoms with Crippen molar-refractivity contribution in [3.8, 4) is 0 Å². The standard InChI is InChI=1S/C46H56N8O7/c1-28-7-4-10-36(48-28)42(56)49-38-23-31-26-53(51-37(31)24-34(38)46(2,3)60)32-13-11-29(12-14-32)25-52-20-17-30(18-21-52)27-61-22-6-19-47-35-9-5-8-33-41(35)45(59)54(44(33)58)39-15-16-40(55)50-43(39)57/h4-5,7-10,23-24,26,29-30,32,39,47,60H,6,11-22,25,27H2,1-3H3,(H,49,56)(H,50,55,57)/t29-,32-,39?. The van der Waals surface area contributed by atoms with E-state index in [0.29, 0.717) is 53.7 Å². The van der Waals surface area contributed by atoms with Gasteiger partial charge in [-0.2, -0.15) is 5.10 Å². The number of pyridine rings is 1. The lowest BCUT2D eigenvalue weighted by molar-refractivity contribution is -0.136. The van der Waals surface area contributed by atoms with Crippen molar-refractivity contribution in [3.05, 3.63) is 82.8 Å². The first kappa shape index (κ1) is 42.2. The van der Waals surface area contributed by atoms with Crippen LogP contribution in [-0.4, -0.2) is 105 Å². The van der Waals surface area contributed by atoms with Gasteiger partial charge in [-0.1, -0.05) is 12.1 Å². The fourth-order valence-corrected chi connectivity index (χ4v) is 9.35. The van der Waals surface area contributed by atoms with Gasteiger partial charge in [0.1, 0.15) is 11.7 Å². The van der Waals surface area contributed by atoms with E-state index in [9.17, 15) is 29.1 Å². The Morgan fingerprint density at radius 1 is 0.934 bits per heavy atom. The van der Waals surface area contributed by atoms with Crippen LogP contribution in [0.5, 0.6) is 0 Å². The molecule has 4 aromatic rings. The second-order valence-corrected chi connectivity index (χ2v) is 17.7. The van der Waals surface area contributed by atoms with Crippen molar-refractivity contribution >= 4 is 51.8 Å². The maximum Gasteiger partial charge on any atom is 0.274 e. The van der Waals surface area contributed by atoms with E-state index in [1.165, 1.54) is 0 Å². The van der Waals surface area contributed by atoms with E-state index >= 15 is 0 Å². The molecule has 1 aliphatic carbocycles. The van der Waals surface area contributed by atoms with Crippen LogP contribution in [0, 0.1) is 18.8 Å². The van der Waals surface area contributed by atoms with E-state index in [2.05, 4.69) is 36.7 Å². The topological polar surface area (TPSA) is 188 Å². The molecule has 3 aliphatic heterocycles. The van der Waals surface area contributed by atoms with Gasteiger partial charge in [0, 0.05) is 66.9 Å². The third kappa shape index (κ3) is 9.38. The quantitative estimate of drug-likeness (QED) is 0.0918. The lowest BCUT2D eigenvalue weighted by Gasteiger charge is -2.36. The van der Waals surface area contributed by atoms with Crippen molar-refractivity contribution in [2.45, 2.75) is 96.2 Å². The largest absolute Gasteiger partial charge is 0.386 e. The first-order chi connectivity index (χ1) is 29.3. The minimum Gasteiger partial charge on any atom is -0.386 e. The number of fused-ring (bicyclic) bond motifs is 2. The van der Waals surface area contributed by atoms with E-state index in [1.54, 1.807) is 44.2 Å². The van der Waals surface area contributed by atoms with Crippen LogP contribution in [0.1, 0.15) is 120 Å². The molecule has 15 nitrogen and oxygen atoms in total. The number of anilines is 2. The number of aliphatic hydroxyl groups is 1. The lowest BCUT2D eigenvalue weighted by Crippen LogP contribution is -2.54. The molecule has 2 saturated heterocycles. The Labute approximate surface area is 355 Å². The molecule has 4 aliphatic rings. The highest BCUT2D eigenvalue weighted by Gasteiger charge is 2.45. The second-order valence-electron chi connectivity index (χ2n) is 17.7. The number of imide groups is 2. The van der Waals surface area contributed by atoms with Crippen LogP contribution >= 0.6 is 0 Å². The monoisotopic (exact) mass is 832 g/mol. The smallest absolute Gasteiger partial charge is 0.274 e. The Bertz CT molecular complexity index is 2320. The Morgan fingerprint density at radius 3 is 2.44 bits per heavy atom. The number of nitrogens with one attached hydrogen (secondary N) is 3. The molecule has 322 valence electrons. The zero-order valence-electron chi connectivity index (χ0n) is 35.2.